The molecule has 3 fully saturated rings. The molecule has 4 rings (SSSR count). The van der Waals surface area contributed by atoms with Crippen LogP contribution in [0.25, 0.3) is 0 Å². The highest BCUT2D eigenvalue weighted by Crippen LogP contribution is 2.60. The molecule has 0 heterocycles. The van der Waals surface area contributed by atoms with Crippen LogP contribution in [0.2, 0.25) is 0 Å². The number of hydrogen-bond acceptors (Lipinski definition) is 2. The monoisotopic (exact) mass is 348 g/mol. The quantitative estimate of drug-likeness (QED) is 0.724. The highest BCUT2D eigenvalue weighted by molar-refractivity contribution is 5.79. The molecule has 2 bridgehead atoms. The number of halogens is 1. The third-order valence-corrected chi connectivity index (χ3v) is 8.56. The largest absolute Gasteiger partial charge is 0.387 e. The molecule has 0 spiro atoms. The SMILES string of the molecule is CC(=O)[C@H]1CC[C@H]2[C@@H]3CC=C4C[C@@](O)(CF)CC[C@@H]4[C@@H](CC[C@]12C)C3. The molecule has 2 nitrogen and oxygen atoms in total. The van der Waals surface area contributed by atoms with E-state index in [0.29, 0.717) is 42.3 Å². The van der Waals surface area contributed by atoms with Gasteiger partial charge in [-0.2, -0.15) is 0 Å². The van der Waals surface area contributed by atoms with Crippen molar-refractivity contribution < 1.29 is 14.3 Å². The Hall–Kier alpha value is -0.700. The standard InChI is InChI=1S/C22H33FO2/c1-14(24)19-5-6-20-16-3-4-17-12-22(25,13-23)10-8-18(17)15(11-16)7-9-21(19,20)2/h4,15-16,18-20,25H,3,5-13H2,1-2H3/t15-,16+,18+,19+,20-,21+,22+/m0/s1. The molecule has 3 saturated carbocycles. The van der Waals surface area contributed by atoms with E-state index in [2.05, 4.69) is 13.0 Å². The van der Waals surface area contributed by atoms with Crippen LogP contribution in [-0.4, -0.2) is 23.2 Å². The molecule has 4 aliphatic rings. The Labute approximate surface area is 151 Å². The third kappa shape index (κ3) is 2.81. The summed E-state index contributed by atoms with van der Waals surface area (Å²) in [4.78, 5) is 12.2. The second kappa shape index (κ2) is 6.18. The number of fused-ring (bicyclic) bond motifs is 6. The lowest BCUT2D eigenvalue weighted by Gasteiger charge is -2.40. The molecule has 1 N–H and O–H groups in total. The van der Waals surface area contributed by atoms with Crippen molar-refractivity contribution in [2.45, 2.75) is 77.2 Å². The van der Waals surface area contributed by atoms with Crippen LogP contribution in [0.3, 0.4) is 0 Å². The maximum Gasteiger partial charge on any atom is 0.133 e. The molecule has 4 aliphatic carbocycles. The Balaban J connectivity index is 1.62. The van der Waals surface area contributed by atoms with Gasteiger partial charge in [-0.15, -0.1) is 0 Å². The average Bonchev–Trinajstić information content (AvgIpc) is 2.74. The van der Waals surface area contributed by atoms with Crippen LogP contribution in [0.1, 0.15) is 71.6 Å². The van der Waals surface area contributed by atoms with E-state index in [0.717, 1.165) is 19.3 Å². The van der Waals surface area contributed by atoms with Crippen molar-refractivity contribution in [1.82, 2.24) is 0 Å². The van der Waals surface area contributed by atoms with E-state index in [1.165, 1.54) is 31.3 Å². The molecule has 25 heavy (non-hydrogen) atoms. The van der Waals surface area contributed by atoms with Gasteiger partial charge < -0.3 is 5.11 Å². The maximum absolute atomic E-state index is 13.3. The average molecular weight is 349 g/mol. The van der Waals surface area contributed by atoms with Crippen LogP contribution >= 0.6 is 0 Å². The molecular formula is C22H33FO2. The van der Waals surface area contributed by atoms with Gasteiger partial charge in [-0.25, -0.2) is 4.39 Å². The fourth-order valence-corrected chi connectivity index (χ4v) is 7.25. The summed E-state index contributed by atoms with van der Waals surface area (Å²) in [6.45, 7) is 3.56. The smallest absolute Gasteiger partial charge is 0.133 e. The first-order valence-electron chi connectivity index (χ1n) is 10.3. The normalized spacial score (nSPS) is 49.4. The van der Waals surface area contributed by atoms with Crippen molar-refractivity contribution in [3.8, 4) is 0 Å². The van der Waals surface area contributed by atoms with Gasteiger partial charge in [0.25, 0.3) is 0 Å². The third-order valence-electron chi connectivity index (χ3n) is 8.56. The summed E-state index contributed by atoms with van der Waals surface area (Å²) in [6.07, 6.45) is 11.4. The lowest BCUT2D eigenvalue weighted by molar-refractivity contribution is -0.124. The number of hydrogen-bond donors (Lipinski definition) is 1. The molecule has 0 unspecified atom stereocenters. The van der Waals surface area contributed by atoms with E-state index in [1.807, 2.05) is 0 Å². The summed E-state index contributed by atoms with van der Waals surface area (Å²) in [5.74, 6) is 3.17. The molecular weight excluding hydrogens is 315 g/mol. The zero-order chi connectivity index (χ0) is 17.8. The number of ketones is 1. The van der Waals surface area contributed by atoms with Gasteiger partial charge in [-0.05, 0) is 93.8 Å². The van der Waals surface area contributed by atoms with Crippen LogP contribution in [0, 0.1) is 35.0 Å². The van der Waals surface area contributed by atoms with Gasteiger partial charge in [-0.3, -0.25) is 4.79 Å². The number of aliphatic hydroxyl groups is 1. The highest BCUT2D eigenvalue weighted by Gasteiger charge is 2.54. The minimum atomic E-state index is -1.11. The first-order chi connectivity index (χ1) is 11.9. The Bertz CT molecular complexity index is 585. The van der Waals surface area contributed by atoms with Gasteiger partial charge >= 0.3 is 0 Å². The Kier molecular flexibility index (Phi) is 4.38. The molecule has 0 aromatic heterocycles. The second-order valence-electron chi connectivity index (χ2n) is 9.84. The molecule has 140 valence electrons. The Morgan fingerprint density at radius 2 is 2.04 bits per heavy atom. The first-order valence-corrected chi connectivity index (χ1v) is 10.3. The van der Waals surface area contributed by atoms with Gasteiger partial charge in [-0.1, -0.05) is 18.6 Å². The predicted molar refractivity (Wildman–Crippen MR) is 96.8 cm³/mol. The molecule has 0 amide bonds. The molecule has 3 heteroatoms. The van der Waals surface area contributed by atoms with E-state index < -0.39 is 12.3 Å². The summed E-state index contributed by atoms with van der Waals surface area (Å²) in [5, 5.41) is 10.4. The fourth-order valence-electron chi connectivity index (χ4n) is 7.25. The molecule has 0 aromatic rings. The highest BCUT2D eigenvalue weighted by atomic mass is 19.1. The second-order valence-corrected chi connectivity index (χ2v) is 9.84. The molecule has 0 radical (unpaired) electrons. The predicted octanol–water partition coefficient (Wildman–Crippen LogP) is 4.86. The summed E-state index contributed by atoms with van der Waals surface area (Å²) in [7, 11) is 0. The van der Waals surface area contributed by atoms with E-state index in [9.17, 15) is 14.3 Å². The fraction of sp³-hybridized carbons (Fsp3) is 0.864. The number of rotatable bonds is 2. The molecule has 7 atom stereocenters. The minimum Gasteiger partial charge on any atom is -0.387 e. The number of allylic oxidation sites excluding steroid dienone is 1. The van der Waals surface area contributed by atoms with Crippen molar-refractivity contribution in [3.05, 3.63) is 11.6 Å². The molecule has 0 aliphatic heterocycles. The number of Topliss-reactive ketones (excluding diaryl/α,β-unsaturated/α-hetero) is 1. The molecule has 0 aromatic carbocycles. The Morgan fingerprint density at radius 1 is 1.24 bits per heavy atom. The summed E-state index contributed by atoms with van der Waals surface area (Å²) >= 11 is 0. The van der Waals surface area contributed by atoms with Crippen molar-refractivity contribution >= 4 is 5.78 Å². The van der Waals surface area contributed by atoms with Gasteiger partial charge in [0.05, 0.1) is 5.60 Å². The van der Waals surface area contributed by atoms with Gasteiger partial charge in [0, 0.05) is 5.92 Å². The number of alkyl halides is 1. The summed E-state index contributed by atoms with van der Waals surface area (Å²) < 4.78 is 13.3. The summed E-state index contributed by atoms with van der Waals surface area (Å²) in [5.41, 5.74) is 0.409. The molecule has 0 saturated heterocycles. The zero-order valence-corrected chi connectivity index (χ0v) is 15.8. The van der Waals surface area contributed by atoms with Crippen molar-refractivity contribution in [1.29, 1.82) is 0 Å². The number of carbonyl (C=O) groups excluding carboxylic acids is 1. The van der Waals surface area contributed by atoms with E-state index in [1.54, 1.807) is 6.92 Å². The maximum atomic E-state index is 13.3. The van der Waals surface area contributed by atoms with Crippen molar-refractivity contribution in [2.75, 3.05) is 6.67 Å². The lowest BCUT2D eigenvalue weighted by atomic mass is 9.65. The van der Waals surface area contributed by atoms with Crippen LogP contribution in [0.4, 0.5) is 4.39 Å². The van der Waals surface area contributed by atoms with Gasteiger partial charge in [0.2, 0.25) is 0 Å². The minimum absolute atomic E-state index is 0.185. The lowest BCUT2D eigenvalue weighted by Crippen LogP contribution is -2.39. The van der Waals surface area contributed by atoms with E-state index in [-0.39, 0.29) is 11.3 Å². The van der Waals surface area contributed by atoms with Crippen LogP contribution in [-0.2, 0) is 4.79 Å². The van der Waals surface area contributed by atoms with Crippen LogP contribution < -0.4 is 0 Å². The Morgan fingerprint density at radius 3 is 2.76 bits per heavy atom. The number of carbonyl (C=O) groups is 1. The van der Waals surface area contributed by atoms with E-state index in [4.69, 9.17) is 0 Å². The zero-order valence-electron chi connectivity index (χ0n) is 15.8. The van der Waals surface area contributed by atoms with Crippen molar-refractivity contribution in [2.24, 2.45) is 35.0 Å². The topological polar surface area (TPSA) is 37.3 Å². The first kappa shape index (κ1) is 17.7. The van der Waals surface area contributed by atoms with Gasteiger partial charge in [0.15, 0.2) is 0 Å². The van der Waals surface area contributed by atoms with Crippen LogP contribution in [0.15, 0.2) is 11.6 Å². The van der Waals surface area contributed by atoms with Crippen molar-refractivity contribution in [3.63, 3.8) is 0 Å². The van der Waals surface area contributed by atoms with Gasteiger partial charge in [0.1, 0.15) is 12.5 Å². The van der Waals surface area contributed by atoms with E-state index >= 15 is 0 Å². The summed E-state index contributed by atoms with van der Waals surface area (Å²) in [6, 6.07) is 0. The van der Waals surface area contributed by atoms with Crippen LogP contribution in [0.5, 0.6) is 0 Å².